The van der Waals surface area contributed by atoms with Gasteiger partial charge >= 0.3 is 6.03 Å². The lowest BCUT2D eigenvalue weighted by Gasteiger charge is -2.25. The number of urea groups is 1. The van der Waals surface area contributed by atoms with E-state index in [1.165, 1.54) is 0 Å². The van der Waals surface area contributed by atoms with Gasteiger partial charge in [-0.05, 0) is 43.7 Å². The van der Waals surface area contributed by atoms with Crippen molar-refractivity contribution in [2.75, 3.05) is 25.1 Å². The third kappa shape index (κ3) is 3.49. The van der Waals surface area contributed by atoms with Crippen LogP contribution in [0.25, 0.3) is 0 Å². The fraction of sp³-hybridized carbons (Fsp3) is 0.286. The number of rotatable bonds is 4. The van der Waals surface area contributed by atoms with Gasteiger partial charge in [-0.1, -0.05) is 23.8 Å². The zero-order valence-electron chi connectivity index (χ0n) is 16.2. The van der Waals surface area contributed by atoms with Gasteiger partial charge in [-0.15, -0.1) is 0 Å². The second-order valence-corrected chi connectivity index (χ2v) is 7.22. The van der Waals surface area contributed by atoms with Crippen molar-refractivity contribution in [3.63, 3.8) is 0 Å². The second-order valence-electron chi connectivity index (χ2n) is 7.22. The van der Waals surface area contributed by atoms with E-state index >= 15 is 0 Å². The molecule has 8 nitrogen and oxygen atoms in total. The Kier molecular flexibility index (Phi) is 4.62. The van der Waals surface area contributed by atoms with Crippen molar-refractivity contribution in [2.24, 2.45) is 0 Å². The molecule has 1 unspecified atom stereocenters. The van der Waals surface area contributed by atoms with E-state index in [2.05, 4.69) is 10.6 Å². The van der Waals surface area contributed by atoms with Crippen LogP contribution in [0.5, 0.6) is 11.5 Å². The molecule has 0 radical (unpaired) electrons. The number of amides is 4. The first-order valence-corrected chi connectivity index (χ1v) is 9.27. The summed E-state index contributed by atoms with van der Waals surface area (Å²) in [6.45, 7) is 4.05. The van der Waals surface area contributed by atoms with Crippen LogP contribution in [0.1, 0.15) is 18.1 Å². The molecule has 2 N–H and O–H groups in total. The van der Waals surface area contributed by atoms with Crippen LogP contribution in [-0.2, 0) is 15.1 Å². The molecule has 1 fully saturated rings. The Balaban J connectivity index is 1.50. The van der Waals surface area contributed by atoms with Crippen LogP contribution in [0.15, 0.2) is 42.5 Å². The van der Waals surface area contributed by atoms with Crippen molar-refractivity contribution >= 4 is 23.5 Å². The highest BCUT2D eigenvalue weighted by atomic mass is 16.6. The van der Waals surface area contributed by atoms with Gasteiger partial charge < -0.3 is 20.1 Å². The lowest BCUT2D eigenvalue weighted by molar-refractivity contribution is -0.133. The molecule has 2 aliphatic heterocycles. The fourth-order valence-corrected chi connectivity index (χ4v) is 3.37. The number of carbonyl (C=O) groups is 3. The van der Waals surface area contributed by atoms with Crippen molar-refractivity contribution in [1.82, 2.24) is 10.2 Å². The van der Waals surface area contributed by atoms with Crippen molar-refractivity contribution in [3.8, 4) is 11.5 Å². The Labute approximate surface area is 167 Å². The molecule has 4 rings (SSSR count). The van der Waals surface area contributed by atoms with E-state index in [9.17, 15) is 14.4 Å². The Morgan fingerprint density at radius 2 is 1.79 bits per heavy atom. The Morgan fingerprint density at radius 1 is 1.10 bits per heavy atom. The van der Waals surface area contributed by atoms with Crippen molar-refractivity contribution in [2.45, 2.75) is 19.4 Å². The minimum Gasteiger partial charge on any atom is -0.486 e. The van der Waals surface area contributed by atoms with E-state index in [4.69, 9.17) is 9.47 Å². The van der Waals surface area contributed by atoms with E-state index in [1.807, 2.05) is 19.1 Å². The third-order valence-electron chi connectivity index (χ3n) is 5.03. The van der Waals surface area contributed by atoms with Crippen LogP contribution in [0, 0.1) is 6.92 Å². The Hall–Kier alpha value is -3.55. The first-order chi connectivity index (χ1) is 13.9. The van der Waals surface area contributed by atoms with Crippen LogP contribution in [0.4, 0.5) is 10.5 Å². The van der Waals surface area contributed by atoms with Crippen molar-refractivity contribution < 1.29 is 23.9 Å². The molecule has 4 amide bonds. The molecule has 8 heteroatoms. The maximum absolute atomic E-state index is 13.0. The summed E-state index contributed by atoms with van der Waals surface area (Å²) in [6, 6.07) is 11.7. The number of hydrogen-bond donors (Lipinski definition) is 2. The Bertz CT molecular complexity index is 988. The second kappa shape index (κ2) is 7.12. The maximum Gasteiger partial charge on any atom is 0.325 e. The average Bonchev–Trinajstić information content (AvgIpc) is 2.93. The lowest BCUT2D eigenvalue weighted by Crippen LogP contribution is -2.42. The molecule has 29 heavy (non-hydrogen) atoms. The van der Waals surface area contributed by atoms with Gasteiger partial charge in [0.25, 0.3) is 5.91 Å². The lowest BCUT2D eigenvalue weighted by atomic mass is 9.91. The topological polar surface area (TPSA) is 97.0 Å². The summed E-state index contributed by atoms with van der Waals surface area (Å²) in [7, 11) is 0. The molecule has 0 aromatic heterocycles. The van der Waals surface area contributed by atoms with E-state index in [-0.39, 0.29) is 6.54 Å². The summed E-state index contributed by atoms with van der Waals surface area (Å²) >= 11 is 0. The molecule has 1 atom stereocenters. The highest BCUT2D eigenvalue weighted by Crippen LogP contribution is 2.36. The number of nitrogens with zero attached hydrogens (tertiary/aromatic N) is 1. The standard InChI is InChI=1S/C21H21N3O5/c1-13-3-6-15(7-4-13)22-18(25)12-24-19(26)21(2,23-20(24)27)14-5-8-16-17(11-14)29-10-9-28-16/h3-8,11H,9-10,12H2,1-2H3,(H,22,25)(H,23,27). The van der Waals surface area contributed by atoms with E-state index < -0.39 is 23.4 Å². The zero-order chi connectivity index (χ0) is 20.6. The van der Waals surface area contributed by atoms with Crippen LogP contribution < -0.4 is 20.1 Å². The summed E-state index contributed by atoms with van der Waals surface area (Å²) in [5.74, 6) is 0.157. The smallest absolute Gasteiger partial charge is 0.325 e. The van der Waals surface area contributed by atoms with Crippen molar-refractivity contribution in [3.05, 3.63) is 53.6 Å². The fourth-order valence-electron chi connectivity index (χ4n) is 3.37. The molecule has 0 spiro atoms. The van der Waals surface area contributed by atoms with Gasteiger partial charge in [0.1, 0.15) is 25.3 Å². The molecular weight excluding hydrogens is 374 g/mol. The third-order valence-corrected chi connectivity index (χ3v) is 5.03. The quantitative estimate of drug-likeness (QED) is 0.774. The summed E-state index contributed by atoms with van der Waals surface area (Å²) in [5.41, 5.74) is 0.924. The van der Waals surface area contributed by atoms with Gasteiger partial charge in [0.15, 0.2) is 11.5 Å². The number of benzene rings is 2. The highest BCUT2D eigenvalue weighted by molar-refractivity contribution is 6.10. The first-order valence-electron chi connectivity index (χ1n) is 9.27. The van der Waals surface area contributed by atoms with E-state index in [1.54, 1.807) is 37.3 Å². The number of anilines is 1. The molecule has 2 aromatic rings. The number of nitrogens with one attached hydrogen (secondary N) is 2. The summed E-state index contributed by atoms with van der Waals surface area (Å²) in [4.78, 5) is 38.8. The normalized spacial score (nSPS) is 20.4. The molecule has 1 saturated heterocycles. The largest absolute Gasteiger partial charge is 0.486 e. The first kappa shape index (κ1) is 18.8. The molecule has 2 heterocycles. The van der Waals surface area contributed by atoms with E-state index in [0.717, 1.165) is 10.5 Å². The molecule has 150 valence electrons. The van der Waals surface area contributed by atoms with Gasteiger partial charge in [-0.2, -0.15) is 0 Å². The molecular formula is C21H21N3O5. The number of carbonyl (C=O) groups excluding carboxylic acids is 3. The van der Waals surface area contributed by atoms with Crippen LogP contribution in [0.3, 0.4) is 0 Å². The van der Waals surface area contributed by atoms with Gasteiger partial charge in [0.05, 0.1) is 0 Å². The summed E-state index contributed by atoms with van der Waals surface area (Å²) in [5, 5.41) is 5.39. The van der Waals surface area contributed by atoms with Gasteiger partial charge in [0, 0.05) is 5.69 Å². The number of hydrogen-bond acceptors (Lipinski definition) is 5. The van der Waals surface area contributed by atoms with Crippen LogP contribution in [-0.4, -0.2) is 42.5 Å². The van der Waals surface area contributed by atoms with Gasteiger partial charge in [-0.25, -0.2) is 4.79 Å². The maximum atomic E-state index is 13.0. The highest BCUT2D eigenvalue weighted by Gasteiger charge is 2.49. The monoisotopic (exact) mass is 395 g/mol. The summed E-state index contributed by atoms with van der Waals surface area (Å²) in [6.07, 6.45) is 0. The van der Waals surface area contributed by atoms with Crippen molar-refractivity contribution in [1.29, 1.82) is 0 Å². The Morgan fingerprint density at radius 3 is 2.52 bits per heavy atom. The average molecular weight is 395 g/mol. The predicted octanol–water partition coefficient (Wildman–Crippen LogP) is 2.17. The molecule has 2 aliphatic rings. The van der Waals surface area contributed by atoms with E-state index in [0.29, 0.717) is 36.0 Å². The molecule has 2 aromatic carbocycles. The minimum absolute atomic E-state index is 0.376. The number of aryl methyl sites for hydroxylation is 1. The van der Waals surface area contributed by atoms with Gasteiger partial charge in [-0.3, -0.25) is 14.5 Å². The van der Waals surface area contributed by atoms with Crippen LogP contribution in [0.2, 0.25) is 0 Å². The van der Waals surface area contributed by atoms with Gasteiger partial charge in [0.2, 0.25) is 5.91 Å². The van der Waals surface area contributed by atoms with Crippen LogP contribution >= 0.6 is 0 Å². The minimum atomic E-state index is -1.29. The molecule has 0 bridgehead atoms. The predicted molar refractivity (Wildman–Crippen MR) is 105 cm³/mol. The zero-order valence-corrected chi connectivity index (χ0v) is 16.2. The number of imide groups is 1. The number of ether oxygens (including phenoxy) is 2. The number of fused-ring (bicyclic) bond motifs is 1. The SMILES string of the molecule is Cc1ccc(NC(=O)CN2C(=O)NC(C)(c3ccc4c(c3)OCCO4)C2=O)cc1. The molecule has 0 saturated carbocycles. The summed E-state index contributed by atoms with van der Waals surface area (Å²) < 4.78 is 11.1. The molecule has 0 aliphatic carbocycles.